The van der Waals surface area contributed by atoms with Crippen molar-refractivity contribution < 1.29 is 27.5 Å². The Balaban J connectivity index is 2.07. The molecule has 0 unspecified atom stereocenters. The van der Waals surface area contributed by atoms with Gasteiger partial charge in [0.2, 0.25) is 15.9 Å². The average molecular weight is 467 g/mol. The highest BCUT2D eigenvalue weighted by molar-refractivity contribution is 7.89. The number of anilines is 1. The van der Waals surface area contributed by atoms with Crippen LogP contribution in [-0.4, -0.2) is 51.1 Å². The summed E-state index contributed by atoms with van der Waals surface area (Å²) in [4.78, 5) is 36.3. The van der Waals surface area contributed by atoms with E-state index >= 15 is 0 Å². The number of benzene rings is 2. The summed E-state index contributed by atoms with van der Waals surface area (Å²) in [6.45, 7) is 2.97. The van der Waals surface area contributed by atoms with Crippen LogP contribution in [0.1, 0.15) is 34.6 Å². The maximum atomic E-state index is 12.4. The molecule has 1 amide bonds. The van der Waals surface area contributed by atoms with E-state index < -0.39 is 28.4 Å². The van der Waals surface area contributed by atoms with Gasteiger partial charge in [0.15, 0.2) is 12.4 Å². The van der Waals surface area contributed by atoms with Crippen molar-refractivity contribution in [3.8, 4) is 0 Å². The molecule has 0 saturated carbocycles. The third kappa shape index (κ3) is 6.13. The molecule has 0 heterocycles. The highest BCUT2D eigenvalue weighted by Gasteiger charge is 2.22. The predicted octanol–water partition coefficient (Wildman–Crippen LogP) is 3.22. The molecule has 0 atom stereocenters. The van der Waals surface area contributed by atoms with E-state index in [-0.39, 0.29) is 32.9 Å². The third-order valence-electron chi connectivity index (χ3n) is 4.27. The average Bonchev–Trinajstić information content (AvgIpc) is 2.72. The molecular weight excluding hydrogens is 444 g/mol. The minimum Gasteiger partial charge on any atom is -0.454 e. The van der Waals surface area contributed by atoms with Crippen LogP contribution >= 0.6 is 11.6 Å². The molecule has 0 aliphatic heterocycles. The largest absolute Gasteiger partial charge is 0.454 e. The Labute approximate surface area is 186 Å². The number of nitrogens with one attached hydrogen (secondary N) is 1. The number of rotatable bonds is 8. The monoisotopic (exact) mass is 466 g/mol. The van der Waals surface area contributed by atoms with E-state index in [4.69, 9.17) is 16.3 Å². The number of carbonyl (C=O) groups is 3. The van der Waals surface area contributed by atoms with Crippen molar-refractivity contribution in [3.63, 3.8) is 0 Å². The van der Waals surface area contributed by atoms with Crippen molar-refractivity contribution in [2.45, 2.75) is 18.7 Å². The molecule has 0 bridgehead atoms. The van der Waals surface area contributed by atoms with Crippen LogP contribution in [0.5, 0.6) is 0 Å². The van der Waals surface area contributed by atoms with Gasteiger partial charge in [-0.25, -0.2) is 17.5 Å². The fourth-order valence-corrected chi connectivity index (χ4v) is 3.47. The summed E-state index contributed by atoms with van der Waals surface area (Å²) in [5.74, 6) is -1.72. The molecule has 0 aliphatic rings. The minimum atomic E-state index is -3.77. The van der Waals surface area contributed by atoms with Gasteiger partial charge in [0.05, 0.1) is 15.5 Å². The van der Waals surface area contributed by atoms with E-state index in [1.54, 1.807) is 26.0 Å². The molecule has 2 aromatic carbocycles. The van der Waals surface area contributed by atoms with Gasteiger partial charge in [-0.1, -0.05) is 25.4 Å². The van der Waals surface area contributed by atoms with Crippen molar-refractivity contribution in [1.82, 2.24) is 4.31 Å². The van der Waals surface area contributed by atoms with Gasteiger partial charge in [0.1, 0.15) is 0 Å². The first-order chi connectivity index (χ1) is 14.4. The summed E-state index contributed by atoms with van der Waals surface area (Å²) in [6.07, 6.45) is 0. The minimum absolute atomic E-state index is 0.000372. The summed E-state index contributed by atoms with van der Waals surface area (Å²) in [5.41, 5.74) is 0.660. The SMILES string of the molecule is CC(C)C(=O)Nc1ccc(C(=O)COC(=O)c2cc(S(=O)(=O)N(C)C)ccc2Cl)cc1. The second-order valence-electron chi connectivity index (χ2n) is 7.15. The lowest BCUT2D eigenvalue weighted by molar-refractivity contribution is -0.118. The lowest BCUT2D eigenvalue weighted by Gasteiger charge is -2.13. The van der Waals surface area contributed by atoms with Crippen LogP contribution in [0, 0.1) is 5.92 Å². The predicted molar refractivity (Wildman–Crippen MR) is 117 cm³/mol. The number of hydrogen-bond acceptors (Lipinski definition) is 6. The van der Waals surface area contributed by atoms with E-state index in [2.05, 4.69) is 5.32 Å². The maximum absolute atomic E-state index is 12.4. The smallest absolute Gasteiger partial charge is 0.340 e. The first-order valence-electron chi connectivity index (χ1n) is 9.26. The van der Waals surface area contributed by atoms with Crippen LogP contribution in [0.3, 0.4) is 0 Å². The number of ether oxygens (including phenoxy) is 1. The number of esters is 1. The summed E-state index contributed by atoms with van der Waals surface area (Å²) < 4.78 is 30.5. The Hall–Kier alpha value is -2.75. The van der Waals surface area contributed by atoms with Crippen LogP contribution in [0.4, 0.5) is 5.69 Å². The molecule has 31 heavy (non-hydrogen) atoms. The molecule has 166 valence electrons. The third-order valence-corrected chi connectivity index (χ3v) is 6.41. The molecule has 0 aromatic heterocycles. The first kappa shape index (κ1) is 24.5. The molecule has 0 saturated heterocycles. The van der Waals surface area contributed by atoms with Gasteiger partial charge in [0.25, 0.3) is 0 Å². The molecule has 1 N–H and O–H groups in total. The zero-order valence-corrected chi connectivity index (χ0v) is 19.1. The van der Waals surface area contributed by atoms with E-state index in [0.29, 0.717) is 5.69 Å². The normalized spacial score (nSPS) is 11.5. The zero-order valence-electron chi connectivity index (χ0n) is 17.5. The second kappa shape index (κ2) is 10.0. The quantitative estimate of drug-likeness (QED) is 0.472. The van der Waals surface area contributed by atoms with Crippen LogP contribution in [-0.2, 0) is 19.6 Å². The Bertz CT molecular complexity index is 1100. The van der Waals surface area contributed by atoms with Crippen molar-refractivity contribution in [2.24, 2.45) is 5.92 Å². The molecular formula is C21H23ClN2O6S. The number of carbonyl (C=O) groups excluding carboxylic acids is 3. The number of amides is 1. The molecule has 0 aliphatic carbocycles. The lowest BCUT2D eigenvalue weighted by Crippen LogP contribution is -2.22. The van der Waals surface area contributed by atoms with E-state index in [9.17, 15) is 22.8 Å². The van der Waals surface area contributed by atoms with Crippen molar-refractivity contribution in [2.75, 3.05) is 26.0 Å². The maximum Gasteiger partial charge on any atom is 0.340 e. The van der Waals surface area contributed by atoms with Gasteiger partial charge in [-0.05, 0) is 42.5 Å². The highest BCUT2D eigenvalue weighted by Crippen LogP contribution is 2.23. The highest BCUT2D eigenvalue weighted by atomic mass is 35.5. The van der Waals surface area contributed by atoms with Crippen LogP contribution in [0.15, 0.2) is 47.4 Å². The summed E-state index contributed by atoms with van der Waals surface area (Å²) >= 11 is 6.01. The molecule has 2 aromatic rings. The van der Waals surface area contributed by atoms with Crippen LogP contribution in [0.2, 0.25) is 5.02 Å². The fourth-order valence-electron chi connectivity index (χ4n) is 2.35. The van der Waals surface area contributed by atoms with E-state index in [1.165, 1.54) is 38.4 Å². The van der Waals surface area contributed by atoms with E-state index in [0.717, 1.165) is 10.4 Å². The summed E-state index contributed by atoms with van der Waals surface area (Å²) in [5, 5.41) is 2.71. The number of halogens is 1. The topological polar surface area (TPSA) is 110 Å². The molecule has 0 radical (unpaired) electrons. The van der Waals surface area contributed by atoms with Crippen molar-refractivity contribution in [3.05, 3.63) is 58.6 Å². The molecule has 8 nitrogen and oxygen atoms in total. The lowest BCUT2D eigenvalue weighted by atomic mass is 10.1. The van der Waals surface area contributed by atoms with Gasteiger partial charge in [-0.15, -0.1) is 0 Å². The Kier molecular flexibility index (Phi) is 7.94. The Morgan fingerprint density at radius 1 is 1.06 bits per heavy atom. The number of sulfonamides is 1. The Morgan fingerprint density at radius 2 is 1.68 bits per heavy atom. The van der Waals surface area contributed by atoms with Gasteiger partial charge >= 0.3 is 5.97 Å². The second-order valence-corrected chi connectivity index (χ2v) is 9.71. The Morgan fingerprint density at radius 3 is 2.23 bits per heavy atom. The van der Waals surface area contributed by atoms with Gasteiger partial charge in [0, 0.05) is 31.3 Å². The number of hydrogen-bond donors (Lipinski definition) is 1. The van der Waals surface area contributed by atoms with Crippen LogP contribution in [0.25, 0.3) is 0 Å². The molecule has 0 fully saturated rings. The molecule has 10 heteroatoms. The zero-order chi connectivity index (χ0) is 23.3. The van der Waals surface area contributed by atoms with E-state index in [1.807, 2.05) is 0 Å². The summed E-state index contributed by atoms with van der Waals surface area (Å²) in [6, 6.07) is 9.81. The van der Waals surface area contributed by atoms with Gasteiger partial charge < -0.3 is 10.1 Å². The summed E-state index contributed by atoms with van der Waals surface area (Å²) in [7, 11) is -1.05. The van der Waals surface area contributed by atoms with Gasteiger partial charge in [-0.3, -0.25) is 9.59 Å². The number of ketones is 1. The molecule has 0 spiro atoms. The van der Waals surface area contributed by atoms with Crippen molar-refractivity contribution >= 4 is 45.0 Å². The van der Waals surface area contributed by atoms with Gasteiger partial charge in [-0.2, -0.15) is 0 Å². The standard InChI is InChI=1S/C21H23ClN2O6S/c1-13(2)20(26)23-15-7-5-14(6-8-15)19(25)12-30-21(27)17-11-16(9-10-18(17)22)31(28,29)24(3)4/h5-11,13H,12H2,1-4H3,(H,23,26). The molecule has 2 rings (SSSR count). The van der Waals surface area contributed by atoms with Crippen molar-refractivity contribution in [1.29, 1.82) is 0 Å². The number of nitrogens with zero attached hydrogens (tertiary/aromatic N) is 1. The number of Topliss-reactive ketones (excluding diaryl/α,β-unsaturated/α-hetero) is 1. The first-order valence-corrected chi connectivity index (χ1v) is 11.1. The fraction of sp³-hybridized carbons (Fsp3) is 0.286. The van der Waals surface area contributed by atoms with Crippen LogP contribution < -0.4 is 5.32 Å².